The smallest absolute Gasteiger partial charge is 0.0579 e. The topological polar surface area (TPSA) is 35.0 Å². The third-order valence-electron chi connectivity index (χ3n) is 8.41. The molecule has 33 heavy (non-hydrogen) atoms. The largest absolute Gasteiger partial charge is 0.375 e. The quantitative estimate of drug-likeness (QED) is 0.368. The lowest BCUT2D eigenvalue weighted by atomic mass is 9.79. The Kier molecular flexibility index (Phi) is 9.35. The summed E-state index contributed by atoms with van der Waals surface area (Å²) in [5.41, 5.74) is 2.56. The molecule has 0 bridgehead atoms. The molecule has 2 fully saturated rings. The van der Waals surface area contributed by atoms with E-state index in [-0.39, 0.29) is 0 Å². The molecule has 2 saturated carbocycles. The minimum absolute atomic E-state index is 0.495. The lowest BCUT2D eigenvalue weighted by Crippen LogP contribution is -2.30. The van der Waals surface area contributed by atoms with Gasteiger partial charge in [0.1, 0.15) is 0 Å². The maximum absolute atomic E-state index is 6.64. The molecule has 2 aromatic heterocycles. The first-order valence-electron chi connectivity index (χ1n) is 13.7. The van der Waals surface area contributed by atoms with E-state index < -0.39 is 0 Å². The van der Waals surface area contributed by atoms with Crippen molar-refractivity contribution in [2.75, 3.05) is 0 Å². The fraction of sp³-hybridized carbons (Fsp3) is 0.667. The summed E-state index contributed by atoms with van der Waals surface area (Å²) >= 11 is 0. The van der Waals surface area contributed by atoms with Gasteiger partial charge in [-0.3, -0.25) is 9.97 Å². The summed E-state index contributed by atoms with van der Waals surface area (Å²) in [6, 6.07) is 12.7. The molecule has 3 nitrogen and oxygen atoms in total. The van der Waals surface area contributed by atoms with Crippen LogP contribution in [0.5, 0.6) is 0 Å². The van der Waals surface area contributed by atoms with Crippen molar-refractivity contribution in [1.82, 2.24) is 9.97 Å². The highest BCUT2D eigenvalue weighted by molar-refractivity contribution is 5.10. The SMILES string of the molecule is CCC(CC1CCC(OC2CCC(CC(CC)c3ccccn3)CC2)CC1)c1ccccn1. The Morgan fingerprint density at radius 2 is 1.09 bits per heavy atom. The standard InChI is InChI=1S/C30H44N2O/c1-3-25(29-9-5-7-19-31-29)21-23-11-15-27(16-12-23)33-28-17-13-24(14-18-28)22-26(4-2)30-10-6-8-20-32-30/h5-10,19-20,23-28H,3-4,11-18,21-22H2,1-2H3. The number of aromatic nitrogens is 2. The summed E-state index contributed by atoms with van der Waals surface area (Å²) in [7, 11) is 0. The Morgan fingerprint density at radius 1 is 0.667 bits per heavy atom. The second kappa shape index (κ2) is 12.6. The van der Waals surface area contributed by atoms with Crippen LogP contribution < -0.4 is 0 Å². The van der Waals surface area contributed by atoms with Gasteiger partial charge < -0.3 is 4.74 Å². The third-order valence-corrected chi connectivity index (χ3v) is 8.41. The van der Waals surface area contributed by atoms with Crippen LogP contribution in [0.25, 0.3) is 0 Å². The molecular weight excluding hydrogens is 404 g/mol. The second-order valence-electron chi connectivity index (χ2n) is 10.6. The van der Waals surface area contributed by atoms with Gasteiger partial charge in [0.2, 0.25) is 0 Å². The van der Waals surface area contributed by atoms with Crippen molar-refractivity contribution in [3.8, 4) is 0 Å². The summed E-state index contributed by atoms with van der Waals surface area (Å²) < 4.78 is 6.64. The van der Waals surface area contributed by atoms with Crippen LogP contribution in [0.15, 0.2) is 48.8 Å². The zero-order chi connectivity index (χ0) is 22.9. The van der Waals surface area contributed by atoms with Gasteiger partial charge in [0.25, 0.3) is 0 Å². The van der Waals surface area contributed by atoms with E-state index in [1.807, 2.05) is 24.5 Å². The minimum atomic E-state index is 0.495. The van der Waals surface area contributed by atoms with Crippen molar-refractivity contribution in [3.63, 3.8) is 0 Å². The highest BCUT2D eigenvalue weighted by Gasteiger charge is 2.29. The third kappa shape index (κ3) is 7.12. The normalized spacial score (nSPS) is 27.7. The van der Waals surface area contributed by atoms with E-state index in [1.54, 1.807) is 0 Å². The maximum atomic E-state index is 6.64. The van der Waals surface area contributed by atoms with Gasteiger partial charge in [-0.1, -0.05) is 26.0 Å². The molecule has 0 saturated heterocycles. The lowest BCUT2D eigenvalue weighted by Gasteiger charge is -2.36. The molecule has 2 aliphatic rings. The number of pyridine rings is 2. The molecule has 2 aliphatic carbocycles. The van der Waals surface area contributed by atoms with Crippen molar-refractivity contribution in [3.05, 3.63) is 60.2 Å². The number of hydrogen-bond acceptors (Lipinski definition) is 3. The first-order valence-corrected chi connectivity index (χ1v) is 13.7. The van der Waals surface area contributed by atoms with Gasteiger partial charge in [-0.2, -0.15) is 0 Å². The van der Waals surface area contributed by atoms with Crippen LogP contribution in [0.3, 0.4) is 0 Å². The van der Waals surface area contributed by atoms with Crippen LogP contribution >= 0.6 is 0 Å². The second-order valence-corrected chi connectivity index (χ2v) is 10.6. The van der Waals surface area contributed by atoms with Crippen molar-refractivity contribution in [1.29, 1.82) is 0 Å². The molecule has 2 atom stereocenters. The van der Waals surface area contributed by atoms with Crippen LogP contribution in [-0.2, 0) is 4.74 Å². The van der Waals surface area contributed by atoms with Crippen LogP contribution in [0.2, 0.25) is 0 Å². The molecule has 0 spiro atoms. The predicted molar refractivity (Wildman–Crippen MR) is 136 cm³/mol. The first-order chi connectivity index (χ1) is 16.2. The van der Waals surface area contributed by atoms with Crippen LogP contribution in [-0.4, -0.2) is 22.2 Å². The van der Waals surface area contributed by atoms with Gasteiger partial charge >= 0.3 is 0 Å². The van der Waals surface area contributed by atoms with Crippen LogP contribution in [0.4, 0.5) is 0 Å². The van der Waals surface area contributed by atoms with E-state index in [2.05, 4.69) is 48.1 Å². The first kappa shape index (κ1) is 24.4. The van der Waals surface area contributed by atoms with Gasteiger partial charge in [0.15, 0.2) is 0 Å². The molecular formula is C30H44N2O. The molecule has 2 heterocycles. The Balaban J connectivity index is 1.16. The Hall–Kier alpha value is -1.74. The molecule has 2 aromatic rings. The maximum Gasteiger partial charge on any atom is 0.0579 e. The summed E-state index contributed by atoms with van der Waals surface area (Å²) in [5, 5.41) is 0. The number of nitrogens with zero attached hydrogens (tertiary/aromatic N) is 2. The number of rotatable bonds is 10. The van der Waals surface area contributed by atoms with E-state index >= 15 is 0 Å². The van der Waals surface area contributed by atoms with Crippen molar-refractivity contribution in [2.45, 2.75) is 115 Å². The van der Waals surface area contributed by atoms with Gasteiger partial charge in [0.05, 0.1) is 12.2 Å². The average molecular weight is 449 g/mol. The van der Waals surface area contributed by atoms with E-state index in [4.69, 9.17) is 4.74 Å². The highest BCUT2D eigenvalue weighted by atomic mass is 16.5. The van der Waals surface area contributed by atoms with Gasteiger partial charge in [-0.15, -0.1) is 0 Å². The minimum Gasteiger partial charge on any atom is -0.375 e. The highest BCUT2D eigenvalue weighted by Crippen LogP contribution is 2.38. The molecule has 0 amide bonds. The zero-order valence-electron chi connectivity index (χ0n) is 20.9. The summed E-state index contributed by atoms with van der Waals surface area (Å²) in [4.78, 5) is 9.25. The predicted octanol–water partition coefficient (Wildman–Crippen LogP) is 8.08. The fourth-order valence-electron chi connectivity index (χ4n) is 6.31. The summed E-state index contributed by atoms with van der Waals surface area (Å²) in [5.74, 6) is 2.90. The summed E-state index contributed by atoms with van der Waals surface area (Å²) in [6.45, 7) is 4.62. The van der Waals surface area contributed by atoms with Gasteiger partial charge in [-0.25, -0.2) is 0 Å². The van der Waals surface area contributed by atoms with Crippen molar-refractivity contribution >= 4 is 0 Å². The Morgan fingerprint density at radius 3 is 1.42 bits per heavy atom. The van der Waals surface area contributed by atoms with Crippen LogP contribution in [0, 0.1) is 11.8 Å². The van der Waals surface area contributed by atoms with E-state index in [0.29, 0.717) is 24.0 Å². The average Bonchev–Trinajstić information content (AvgIpc) is 2.89. The molecule has 0 aliphatic heterocycles. The molecule has 0 aromatic carbocycles. The molecule has 180 valence electrons. The molecule has 3 heteroatoms. The molecule has 0 N–H and O–H groups in total. The van der Waals surface area contributed by atoms with E-state index in [1.165, 1.54) is 88.4 Å². The van der Waals surface area contributed by atoms with E-state index in [0.717, 1.165) is 11.8 Å². The zero-order valence-corrected chi connectivity index (χ0v) is 20.9. The van der Waals surface area contributed by atoms with Crippen molar-refractivity contribution in [2.24, 2.45) is 11.8 Å². The van der Waals surface area contributed by atoms with Crippen molar-refractivity contribution < 1.29 is 4.74 Å². The monoisotopic (exact) mass is 448 g/mol. The summed E-state index contributed by atoms with van der Waals surface area (Å²) in [6.07, 6.45) is 20.1. The lowest BCUT2D eigenvalue weighted by molar-refractivity contribution is -0.0577. The fourth-order valence-corrected chi connectivity index (χ4v) is 6.31. The Labute approximate surface area is 201 Å². The molecule has 4 rings (SSSR count). The molecule has 0 radical (unpaired) electrons. The molecule has 2 unspecified atom stereocenters. The van der Waals surface area contributed by atoms with Crippen LogP contribution in [0.1, 0.15) is 114 Å². The Bertz CT molecular complexity index is 712. The van der Waals surface area contributed by atoms with Gasteiger partial charge in [-0.05, 0) is 113 Å². The van der Waals surface area contributed by atoms with Gasteiger partial charge in [0, 0.05) is 35.6 Å². The number of hydrogen-bond donors (Lipinski definition) is 0. The van der Waals surface area contributed by atoms with E-state index in [9.17, 15) is 0 Å². The number of ether oxygens (including phenoxy) is 1.